The number of aliphatic hydroxyl groups is 1. The number of amides is 2. The molecule has 0 saturated heterocycles. The van der Waals surface area contributed by atoms with Crippen LogP contribution >= 0.6 is 11.8 Å². The summed E-state index contributed by atoms with van der Waals surface area (Å²) in [5, 5.41) is 24.2. The van der Waals surface area contributed by atoms with Gasteiger partial charge >= 0.3 is 12.0 Å². The number of unbranched alkanes of at least 4 members (excludes halogenated alkanes) is 1. The zero-order valence-corrected chi connectivity index (χ0v) is 15.7. The molecule has 1 unspecified atom stereocenters. The number of nitrogens with one attached hydrogen (secondary N) is 2. The molecule has 0 radical (unpaired) electrons. The van der Waals surface area contributed by atoms with Gasteiger partial charge in [-0.1, -0.05) is 31.4 Å². The predicted molar refractivity (Wildman–Crippen MR) is 102 cm³/mol. The number of hydrogen-bond donors (Lipinski definition) is 4. The summed E-state index contributed by atoms with van der Waals surface area (Å²) in [6.07, 6.45) is 12.2. The van der Waals surface area contributed by atoms with Gasteiger partial charge in [0.15, 0.2) is 0 Å². The Balaban J connectivity index is 1.92. The standard InChI is InChI=1S/C18H32N2O4S/c21-16(15-8-2-1-3-9-15)10-4-5-11-19-18(24)20-12-6-7-13-25-14-17(22)23/h6-7,15-16,21H,1-5,8-14H2,(H,22,23)(H2,19,20,24). The van der Waals surface area contributed by atoms with Crippen molar-refractivity contribution in [3.05, 3.63) is 12.2 Å². The lowest BCUT2D eigenvalue weighted by atomic mass is 9.83. The van der Waals surface area contributed by atoms with Gasteiger partial charge in [0, 0.05) is 18.8 Å². The zero-order valence-electron chi connectivity index (χ0n) is 14.9. The van der Waals surface area contributed by atoms with Crippen molar-refractivity contribution in [1.82, 2.24) is 10.6 Å². The molecule has 0 heterocycles. The Morgan fingerprint density at radius 1 is 1.12 bits per heavy atom. The van der Waals surface area contributed by atoms with Crippen LogP contribution in [0.5, 0.6) is 0 Å². The molecule has 1 fully saturated rings. The minimum absolute atomic E-state index is 0.0910. The van der Waals surface area contributed by atoms with Crippen LogP contribution in [-0.2, 0) is 4.79 Å². The molecule has 0 aliphatic heterocycles. The highest BCUT2D eigenvalue weighted by Gasteiger charge is 2.20. The normalized spacial score (nSPS) is 16.7. The highest BCUT2D eigenvalue weighted by Crippen LogP contribution is 2.28. The van der Waals surface area contributed by atoms with Crippen molar-refractivity contribution in [2.45, 2.75) is 57.5 Å². The third-order valence-corrected chi connectivity index (χ3v) is 5.27. The van der Waals surface area contributed by atoms with E-state index in [0.29, 0.717) is 24.8 Å². The van der Waals surface area contributed by atoms with E-state index in [1.165, 1.54) is 31.0 Å². The summed E-state index contributed by atoms with van der Waals surface area (Å²) in [5.74, 6) is 0.375. The number of carboxylic acids is 1. The second kappa shape index (κ2) is 14.0. The zero-order chi connectivity index (χ0) is 18.3. The van der Waals surface area contributed by atoms with Gasteiger partial charge < -0.3 is 20.8 Å². The Labute approximate surface area is 154 Å². The number of carbonyl (C=O) groups is 2. The van der Waals surface area contributed by atoms with E-state index in [-0.39, 0.29) is 17.9 Å². The fourth-order valence-electron chi connectivity index (χ4n) is 3.01. The molecule has 1 aliphatic carbocycles. The molecule has 0 bridgehead atoms. The second-order valence-corrected chi connectivity index (χ2v) is 7.51. The third-order valence-electron chi connectivity index (χ3n) is 4.39. The largest absolute Gasteiger partial charge is 0.481 e. The van der Waals surface area contributed by atoms with Gasteiger partial charge in [-0.05, 0) is 38.0 Å². The maximum Gasteiger partial charge on any atom is 0.315 e. The number of aliphatic carboxylic acids is 1. The lowest BCUT2D eigenvalue weighted by Crippen LogP contribution is -2.36. The predicted octanol–water partition coefficient (Wildman–Crippen LogP) is 2.77. The van der Waals surface area contributed by atoms with Gasteiger partial charge in [0.25, 0.3) is 0 Å². The summed E-state index contributed by atoms with van der Waals surface area (Å²) < 4.78 is 0. The van der Waals surface area contributed by atoms with Crippen LogP contribution in [0.4, 0.5) is 4.79 Å². The maximum atomic E-state index is 11.6. The Morgan fingerprint density at radius 3 is 2.60 bits per heavy atom. The summed E-state index contributed by atoms with van der Waals surface area (Å²) in [7, 11) is 0. The summed E-state index contributed by atoms with van der Waals surface area (Å²) in [6.45, 7) is 1.04. The van der Waals surface area contributed by atoms with Crippen molar-refractivity contribution in [3.63, 3.8) is 0 Å². The van der Waals surface area contributed by atoms with Gasteiger partial charge in [-0.3, -0.25) is 4.79 Å². The number of hydrogen-bond acceptors (Lipinski definition) is 4. The van der Waals surface area contributed by atoms with E-state index in [2.05, 4.69) is 10.6 Å². The summed E-state index contributed by atoms with van der Waals surface area (Å²) >= 11 is 1.32. The average molecular weight is 373 g/mol. The van der Waals surface area contributed by atoms with Crippen molar-refractivity contribution in [2.24, 2.45) is 5.92 Å². The Hall–Kier alpha value is -1.21. The molecular weight excluding hydrogens is 340 g/mol. The molecule has 7 heteroatoms. The van der Waals surface area contributed by atoms with E-state index >= 15 is 0 Å². The summed E-state index contributed by atoms with van der Waals surface area (Å²) in [5.41, 5.74) is 0. The maximum absolute atomic E-state index is 11.6. The SMILES string of the molecule is O=C(O)CSCC=CCNC(=O)NCCCCC(O)C1CCCCC1. The Morgan fingerprint density at radius 2 is 1.88 bits per heavy atom. The van der Waals surface area contributed by atoms with Gasteiger partial charge in [0.1, 0.15) is 0 Å². The third kappa shape index (κ3) is 11.9. The van der Waals surface area contributed by atoms with E-state index in [0.717, 1.165) is 32.1 Å². The van der Waals surface area contributed by atoms with E-state index in [1.54, 1.807) is 0 Å². The van der Waals surface area contributed by atoms with Crippen molar-refractivity contribution < 1.29 is 19.8 Å². The topological polar surface area (TPSA) is 98.7 Å². The molecule has 0 spiro atoms. The van der Waals surface area contributed by atoms with Crippen molar-refractivity contribution in [3.8, 4) is 0 Å². The summed E-state index contributed by atoms with van der Waals surface area (Å²) in [6, 6.07) is -0.198. The Bertz CT molecular complexity index is 412. The highest BCUT2D eigenvalue weighted by molar-refractivity contribution is 8.00. The molecule has 1 saturated carbocycles. The number of rotatable bonds is 12. The average Bonchev–Trinajstić information content (AvgIpc) is 2.61. The van der Waals surface area contributed by atoms with Crippen LogP contribution in [0.25, 0.3) is 0 Å². The van der Waals surface area contributed by atoms with Crippen LogP contribution in [-0.4, -0.2) is 52.9 Å². The molecule has 0 aromatic rings. The minimum atomic E-state index is -0.817. The van der Waals surface area contributed by atoms with E-state index in [4.69, 9.17) is 5.11 Å². The molecule has 25 heavy (non-hydrogen) atoms. The molecule has 0 aromatic heterocycles. The number of aliphatic hydroxyl groups excluding tert-OH is 1. The quantitative estimate of drug-likeness (QED) is 0.312. The Kier molecular flexibility index (Phi) is 12.2. The first-order valence-corrected chi connectivity index (χ1v) is 10.4. The van der Waals surface area contributed by atoms with Gasteiger partial charge in [-0.15, -0.1) is 11.8 Å². The first kappa shape index (κ1) is 21.8. The molecule has 1 atom stereocenters. The van der Waals surface area contributed by atoms with Gasteiger partial charge in [0.2, 0.25) is 0 Å². The molecule has 1 aliphatic rings. The van der Waals surface area contributed by atoms with Gasteiger partial charge in [0.05, 0.1) is 11.9 Å². The van der Waals surface area contributed by atoms with Crippen LogP contribution in [0.15, 0.2) is 12.2 Å². The van der Waals surface area contributed by atoms with Crippen LogP contribution in [0, 0.1) is 5.92 Å². The fourth-order valence-corrected chi connectivity index (χ4v) is 3.58. The molecule has 2 amide bonds. The number of carbonyl (C=O) groups excluding carboxylic acids is 1. The van der Waals surface area contributed by atoms with Crippen LogP contribution in [0.3, 0.4) is 0 Å². The minimum Gasteiger partial charge on any atom is -0.481 e. The van der Waals surface area contributed by atoms with Gasteiger partial charge in [-0.25, -0.2) is 4.79 Å². The lowest BCUT2D eigenvalue weighted by molar-refractivity contribution is -0.133. The monoisotopic (exact) mass is 372 g/mol. The molecular formula is C18H32N2O4S. The summed E-state index contributed by atoms with van der Waals surface area (Å²) in [4.78, 5) is 21.9. The highest BCUT2D eigenvalue weighted by atomic mass is 32.2. The second-order valence-electron chi connectivity index (χ2n) is 6.48. The molecule has 144 valence electrons. The lowest BCUT2D eigenvalue weighted by Gasteiger charge is -2.26. The van der Waals surface area contributed by atoms with Crippen molar-refractivity contribution in [1.29, 1.82) is 0 Å². The van der Waals surface area contributed by atoms with Crippen LogP contribution < -0.4 is 10.6 Å². The van der Waals surface area contributed by atoms with E-state index in [1.807, 2.05) is 12.2 Å². The van der Waals surface area contributed by atoms with Crippen LogP contribution in [0.1, 0.15) is 51.4 Å². The number of urea groups is 1. The molecule has 4 N–H and O–H groups in total. The van der Waals surface area contributed by atoms with Gasteiger partial charge in [-0.2, -0.15) is 0 Å². The first-order valence-electron chi connectivity index (χ1n) is 9.24. The van der Waals surface area contributed by atoms with E-state index < -0.39 is 5.97 Å². The first-order chi connectivity index (χ1) is 12.1. The number of carboxylic acid groups (broad SMARTS) is 1. The van der Waals surface area contributed by atoms with E-state index in [9.17, 15) is 14.7 Å². The number of thioether (sulfide) groups is 1. The molecule has 6 nitrogen and oxygen atoms in total. The van der Waals surface area contributed by atoms with Crippen molar-refractivity contribution >= 4 is 23.8 Å². The van der Waals surface area contributed by atoms with Crippen molar-refractivity contribution in [2.75, 3.05) is 24.6 Å². The smallest absolute Gasteiger partial charge is 0.315 e. The fraction of sp³-hybridized carbons (Fsp3) is 0.778. The molecule has 0 aromatic carbocycles. The molecule has 1 rings (SSSR count). The van der Waals surface area contributed by atoms with Crippen LogP contribution in [0.2, 0.25) is 0 Å².